The van der Waals surface area contributed by atoms with Gasteiger partial charge in [-0.1, -0.05) is 84.9 Å². The van der Waals surface area contributed by atoms with Crippen LogP contribution >= 0.6 is 11.3 Å². The van der Waals surface area contributed by atoms with E-state index in [0.717, 1.165) is 38.2 Å². The van der Waals surface area contributed by atoms with Crippen LogP contribution in [0.15, 0.2) is 120 Å². The van der Waals surface area contributed by atoms with Gasteiger partial charge in [-0.15, -0.1) is 11.3 Å². The minimum Gasteiger partial charge on any atom is -0.278 e. The van der Waals surface area contributed by atoms with Crippen LogP contribution in [0.2, 0.25) is 0 Å². The van der Waals surface area contributed by atoms with Crippen LogP contribution in [0.3, 0.4) is 0 Å². The van der Waals surface area contributed by atoms with E-state index in [9.17, 15) is 0 Å². The van der Waals surface area contributed by atoms with Gasteiger partial charge in [-0.25, -0.2) is 9.97 Å². The van der Waals surface area contributed by atoms with Crippen molar-refractivity contribution < 1.29 is 0 Å². The highest BCUT2D eigenvalue weighted by molar-refractivity contribution is 7.26. The number of allylic oxidation sites excluding steroid dienone is 3. The van der Waals surface area contributed by atoms with Crippen LogP contribution in [-0.4, -0.2) is 16.7 Å². The smallest absolute Gasteiger partial charge is 0.235 e. The average Bonchev–Trinajstić information content (AvgIpc) is 3.40. The summed E-state index contributed by atoms with van der Waals surface area (Å²) in [5.41, 5.74) is 7.42. The summed E-state index contributed by atoms with van der Waals surface area (Å²) in [6.07, 6.45) is 5.76. The number of rotatable bonds is 4. The van der Waals surface area contributed by atoms with Gasteiger partial charge in [-0.2, -0.15) is 0 Å². The summed E-state index contributed by atoms with van der Waals surface area (Å²) in [6, 6.07) is 34.5. The Bertz CT molecular complexity index is 2250. The molecule has 0 bridgehead atoms. The third-order valence-corrected chi connectivity index (χ3v) is 9.06. The second-order valence-corrected chi connectivity index (χ2v) is 11.1. The quantitative estimate of drug-likeness (QED) is 0.163. The molecular weight excluding hydrogens is 520 g/mol. The minimum absolute atomic E-state index is 0.647. The van der Waals surface area contributed by atoms with Crippen LogP contribution in [0.5, 0.6) is 0 Å². The number of nitrogens with zero attached hydrogens (tertiary/aromatic N) is 4. The number of aromatic nitrogens is 2. The zero-order valence-electron chi connectivity index (χ0n) is 22.4. The largest absolute Gasteiger partial charge is 0.278 e. The highest BCUT2D eigenvalue weighted by Crippen LogP contribution is 2.53. The van der Waals surface area contributed by atoms with Crippen molar-refractivity contribution in [1.29, 1.82) is 0 Å². The van der Waals surface area contributed by atoms with E-state index in [4.69, 9.17) is 9.97 Å². The SMILES string of the molecule is C=N/C=C\C(=C/C)c1nc(N2c3ccc4ccccc4c3-c3cccc4cccc2c34)nc2c1sc1ccccc12. The lowest BCUT2D eigenvalue weighted by atomic mass is 9.88. The second-order valence-electron chi connectivity index (χ2n) is 10.1. The van der Waals surface area contributed by atoms with Gasteiger partial charge in [0, 0.05) is 27.2 Å². The Morgan fingerprint density at radius 3 is 2.44 bits per heavy atom. The number of hydrogen-bond donors (Lipinski definition) is 0. The number of hydrogen-bond acceptors (Lipinski definition) is 5. The van der Waals surface area contributed by atoms with Crippen LogP contribution in [0.4, 0.5) is 17.3 Å². The van der Waals surface area contributed by atoms with Crippen LogP contribution in [0.25, 0.3) is 58.5 Å². The predicted octanol–water partition coefficient (Wildman–Crippen LogP) is 10.2. The van der Waals surface area contributed by atoms with Gasteiger partial charge in [0.25, 0.3) is 0 Å². The molecule has 8 rings (SSSR count). The van der Waals surface area contributed by atoms with Gasteiger partial charge < -0.3 is 0 Å². The Hall–Kier alpha value is -5.13. The van der Waals surface area contributed by atoms with E-state index in [2.05, 4.69) is 120 Å². The summed E-state index contributed by atoms with van der Waals surface area (Å²) in [6.45, 7) is 5.67. The van der Waals surface area contributed by atoms with Gasteiger partial charge in [0.2, 0.25) is 5.95 Å². The maximum atomic E-state index is 5.33. The van der Waals surface area contributed by atoms with Crippen molar-refractivity contribution in [3.63, 3.8) is 0 Å². The first kappa shape index (κ1) is 23.7. The molecule has 2 aromatic heterocycles. The molecule has 0 radical (unpaired) electrons. The van der Waals surface area contributed by atoms with Crippen molar-refractivity contribution in [3.8, 4) is 11.1 Å². The average molecular weight is 545 g/mol. The maximum absolute atomic E-state index is 5.33. The van der Waals surface area contributed by atoms with Crippen molar-refractivity contribution in [3.05, 3.63) is 121 Å². The molecule has 0 fully saturated rings. The summed E-state index contributed by atoms with van der Waals surface area (Å²) in [7, 11) is 0. The normalized spacial score (nSPS) is 13.1. The number of benzene rings is 5. The fourth-order valence-corrected chi connectivity index (χ4v) is 7.26. The van der Waals surface area contributed by atoms with E-state index in [-0.39, 0.29) is 0 Å². The molecule has 4 nitrogen and oxygen atoms in total. The third kappa shape index (κ3) is 3.49. The molecule has 5 aromatic carbocycles. The zero-order chi connectivity index (χ0) is 27.5. The molecule has 1 aliphatic heterocycles. The Kier molecular flexibility index (Phi) is 5.34. The van der Waals surface area contributed by atoms with Crippen LogP contribution in [0, 0.1) is 0 Å². The summed E-state index contributed by atoms with van der Waals surface area (Å²) in [4.78, 5) is 16.9. The van der Waals surface area contributed by atoms with Gasteiger partial charge in [-0.3, -0.25) is 9.89 Å². The highest BCUT2D eigenvalue weighted by atomic mass is 32.1. The first-order chi connectivity index (χ1) is 20.3. The highest BCUT2D eigenvalue weighted by Gasteiger charge is 2.30. The number of thiophene rings is 1. The van der Waals surface area contributed by atoms with Crippen molar-refractivity contribution in [1.82, 2.24) is 9.97 Å². The Morgan fingerprint density at radius 1 is 0.805 bits per heavy atom. The molecule has 0 amide bonds. The van der Waals surface area contributed by atoms with E-state index in [1.807, 2.05) is 13.0 Å². The van der Waals surface area contributed by atoms with Crippen LogP contribution in [0.1, 0.15) is 12.6 Å². The van der Waals surface area contributed by atoms with Gasteiger partial charge in [0.05, 0.1) is 27.3 Å². The Morgan fingerprint density at radius 2 is 1.59 bits per heavy atom. The van der Waals surface area contributed by atoms with E-state index >= 15 is 0 Å². The zero-order valence-corrected chi connectivity index (χ0v) is 23.2. The van der Waals surface area contributed by atoms with Gasteiger partial charge in [-0.05, 0) is 65.2 Å². The third-order valence-electron chi connectivity index (χ3n) is 7.89. The van der Waals surface area contributed by atoms with Crippen LogP contribution < -0.4 is 4.90 Å². The van der Waals surface area contributed by atoms with Crippen molar-refractivity contribution in [2.45, 2.75) is 6.92 Å². The standard InChI is InChI=1S/C36H24N4S/c1-3-22(20-21-37-2)33-35-34(26-14-6-7-17-30(26)41-35)39-36(38-33)40-28-16-9-12-24-11-8-15-27(31(24)28)32-25-13-5-4-10-23(25)18-19-29(32)40/h3-21H,2H2,1H3/b21-20-,22-3+. The topological polar surface area (TPSA) is 41.4 Å². The molecule has 0 N–H and O–H groups in total. The summed E-state index contributed by atoms with van der Waals surface area (Å²) < 4.78 is 2.25. The molecule has 0 spiro atoms. The van der Waals surface area contributed by atoms with E-state index in [1.165, 1.54) is 37.4 Å². The van der Waals surface area contributed by atoms with Crippen molar-refractivity contribution >= 4 is 82.8 Å². The van der Waals surface area contributed by atoms with E-state index < -0.39 is 0 Å². The molecule has 194 valence electrons. The van der Waals surface area contributed by atoms with E-state index in [1.54, 1.807) is 17.5 Å². The minimum atomic E-state index is 0.647. The number of fused-ring (bicyclic) bond motifs is 7. The van der Waals surface area contributed by atoms with Crippen molar-refractivity contribution in [2.75, 3.05) is 4.90 Å². The molecule has 0 unspecified atom stereocenters. The fraction of sp³-hybridized carbons (Fsp3) is 0.0278. The molecule has 7 aromatic rings. The lowest BCUT2D eigenvalue weighted by molar-refractivity contribution is 1.11. The fourth-order valence-electron chi connectivity index (χ4n) is 6.11. The van der Waals surface area contributed by atoms with Gasteiger partial charge >= 0.3 is 0 Å². The lowest BCUT2D eigenvalue weighted by Crippen LogP contribution is -2.18. The van der Waals surface area contributed by atoms with Gasteiger partial charge in [0.15, 0.2) is 0 Å². The second kappa shape index (κ2) is 9.22. The molecule has 0 atom stereocenters. The molecule has 41 heavy (non-hydrogen) atoms. The lowest BCUT2D eigenvalue weighted by Gasteiger charge is -2.33. The molecular formula is C36H24N4S. The summed E-state index contributed by atoms with van der Waals surface area (Å²) >= 11 is 1.73. The number of anilines is 3. The van der Waals surface area contributed by atoms with Crippen LogP contribution in [-0.2, 0) is 0 Å². The van der Waals surface area contributed by atoms with Crippen molar-refractivity contribution in [2.24, 2.45) is 4.99 Å². The Labute approximate surface area is 241 Å². The first-order valence-corrected chi connectivity index (χ1v) is 14.4. The Balaban J connectivity index is 1.52. The molecule has 5 heteroatoms. The summed E-state index contributed by atoms with van der Waals surface area (Å²) in [5.74, 6) is 0.647. The first-order valence-electron chi connectivity index (χ1n) is 13.6. The molecule has 1 aliphatic rings. The number of aliphatic imine (C=N–C) groups is 1. The van der Waals surface area contributed by atoms with Gasteiger partial charge in [0.1, 0.15) is 0 Å². The molecule has 0 saturated carbocycles. The molecule has 0 saturated heterocycles. The maximum Gasteiger partial charge on any atom is 0.235 e. The molecule has 0 aliphatic carbocycles. The van der Waals surface area contributed by atoms with E-state index in [0.29, 0.717) is 5.95 Å². The molecule has 3 heterocycles. The monoisotopic (exact) mass is 544 g/mol. The summed E-state index contributed by atoms with van der Waals surface area (Å²) in [5, 5.41) is 5.96. The predicted molar refractivity (Wildman–Crippen MR) is 176 cm³/mol.